The van der Waals surface area contributed by atoms with E-state index in [4.69, 9.17) is 0 Å². The number of imidazole rings is 3. The number of hydrogen-bond acceptors (Lipinski definition) is 19. The summed E-state index contributed by atoms with van der Waals surface area (Å²) in [6.07, 6.45) is 15.5. The Balaban J connectivity index is 0.772. The Morgan fingerprint density at radius 3 is 1.10 bits per heavy atom. The first-order chi connectivity index (χ1) is 55.6. The molecule has 1 aliphatic heterocycles. The number of nitrogens with one attached hydrogen (secondary N) is 14. The Kier molecular flexibility index (Phi) is 25.7. The number of aromatic nitrogens is 13. The molecule has 14 amide bonds. The van der Waals surface area contributed by atoms with Crippen molar-refractivity contribution in [1.82, 2.24) is 86.8 Å². The predicted molar refractivity (Wildman–Crippen MR) is 432 cm³/mol. The molecule has 20 bridgehead atoms. The van der Waals surface area contributed by atoms with Crippen molar-refractivity contribution in [3.63, 3.8) is 0 Å². The van der Waals surface area contributed by atoms with Crippen molar-refractivity contribution in [2.75, 3.05) is 105 Å². The van der Waals surface area contributed by atoms with Crippen LogP contribution in [0.3, 0.4) is 0 Å². The summed E-state index contributed by atoms with van der Waals surface area (Å²) in [5.41, 5.74) is 2.25. The van der Waals surface area contributed by atoms with Gasteiger partial charge in [0, 0.05) is 171 Å². The molecule has 11 heterocycles. The van der Waals surface area contributed by atoms with Crippen LogP contribution in [0.2, 0.25) is 0 Å². The minimum Gasteiger partial charge on any atom is -0.356 e. The standard InChI is InChI=1S/C74H88N28O14S/c1-92(2)20-14-18-75-58(103)16-19-77-64(106)47-38-117-39-60(105)78-40-21-53(94(4)28-40)70(112)90-56-36-102(12)63(88-56)74(116)84-46-27-54(99(9)34-46)71(113)91-57-37-101(11)62(89-57)73(115)82-44-22-48(93(3)32-44)65(107)76-17-13-15-59(104)86-55-35-100(10)61(87-55)72(114)83-45-26-51(97(7)33-45)68(110)80-42-24-49(95(5)30-42)66(108)79-41-23-50(96(6)29-41)67(109)81-43-25-52(69(111)85-47)98(8)31-43/h21-37,47H,13-20,38-39H2,1-12H3,(H,75,103)(H,76,107)(H,77,106)(H,78,105)(H,79,108)(H,80,110)(H,81,109)(H,82,115)(H,83,114)(H,84,116)(H,85,111)(H,86,104)(H,90,112)(H,91,113)/t47-/m0/s1. The van der Waals surface area contributed by atoms with E-state index < -0.39 is 82.8 Å². The molecule has 0 aliphatic carbocycles. The molecule has 0 radical (unpaired) electrons. The second kappa shape index (κ2) is 36.1. The fraction of sp³-hybridized carbons (Fsp3) is 0.311. The smallest absolute Gasteiger partial charge is 0.291 e. The van der Waals surface area contributed by atoms with Crippen molar-refractivity contribution in [2.24, 2.45) is 70.5 Å². The van der Waals surface area contributed by atoms with Crippen molar-refractivity contribution < 1.29 is 67.1 Å². The van der Waals surface area contributed by atoms with Crippen LogP contribution in [0.15, 0.2) is 104 Å². The molecule has 0 saturated carbocycles. The van der Waals surface area contributed by atoms with Gasteiger partial charge in [-0.15, -0.1) is 11.8 Å². The molecule has 117 heavy (non-hydrogen) atoms. The first-order valence-corrected chi connectivity index (χ1v) is 37.5. The van der Waals surface area contributed by atoms with Gasteiger partial charge in [0.2, 0.25) is 41.1 Å². The zero-order valence-electron chi connectivity index (χ0n) is 65.8. The van der Waals surface area contributed by atoms with Crippen LogP contribution >= 0.6 is 11.8 Å². The number of fused-ring (bicyclic) bond motifs is 20. The Morgan fingerprint density at radius 1 is 0.393 bits per heavy atom. The van der Waals surface area contributed by atoms with Crippen molar-refractivity contribution >= 4 is 152 Å². The molecule has 1 atom stereocenters. The summed E-state index contributed by atoms with van der Waals surface area (Å²) in [6, 6.07) is 8.67. The van der Waals surface area contributed by atoms with Crippen molar-refractivity contribution in [2.45, 2.75) is 31.7 Å². The number of carbonyl (C=O) groups excluding carboxylic acids is 14. The quantitative estimate of drug-likeness (QED) is 0.0973. The van der Waals surface area contributed by atoms with Gasteiger partial charge in [-0.3, -0.25) is 67.1 Å². The third-order valence-corrected chi connectivity index (χ3v) is 19.3. The number of amides is 14. The van der Waals surface area contributed by atoms with Crippen LogP contribution in [0.4, 0.5) is 57.3 Å². The van der Waals surface area contributed by atoms with Gasteiger partial charge >= 0.3 is 0 Å². The van der Waals surface area contributed by atoms with Gasteiger partial charge in [0.1, 0.15) is 45.9 Å². The third-order valence-electron chi connectivity index (χ3n) is 18.2. The van der Waals surface area contributed by atoms with Crippen LogP contribution < -0.4 is 74.4 Å². The Hall–Kier alpha value is -14.5. The SMILES string of the molecule is CN(C)CCCNC(=O)CCNC(=O)[C@@H]1CSCC(=O)Nc2cc(n(C)c2)C(=O)Nc2cn(C)c(n2)C(=O)Nc2cc(n(C)c2)C(=O)Nc2cn(C)c(n2)C(=O)Nc2cc(n(C)c2)C(=O)NCCCC(=O)Nc2cn(C)c(n2)C(=O)Nc2cc(n(C)c2)C(=O)Nc2cc(n(C)c2)C(=O)Nc2cc(n(C)c2)C(=O)Nc2cc(n(C)c2)C(=O)N1. The van der Waals surface area contributed by atoms with Crippen LogP contribution in [0, 0.1) is 0 Å². The zero-order valence-corrected chi connectivity index (χ0v) is 66.7. The topological polar surface area (TPSA) is 499 Å². The summed E-state index contributed by atoms with van der Waals surface area (Å²) in [5.74, 6) is -9.00. The molecule has 0 aromatic carbocycles. The molecule has 43 heteroatoms. The lowest BCUT2D eigenvalue weighted by molar-refractivity contribution is -0.123. The molecule has 0 fully saturated rings. The van der Waals surface area contributed by atoms with Gasteiger partial charge in [0.25, 0.3) is 59.1 Å². The number of anilines is 10. The van der Waals surface area contributed by atoms with Gasteiger partial charge in [-0.05, 0) is 75.9 Å². The molecular formula is C74H88N28O14S. The van der Waals surface area contributed by atoms with Gasteiger partial charge in [-0.25, -0.2) is 15.0 Å². The van der Waals surface area contributed by atoms with Crippen LogP contribution in [0.1, 0.15) is 131 Å². The number of hydrogen-bond donors (Lipinski definition) is 14. The highest BCUT2D eigenvalue weighted by atomic mass is 32.2. The molecule has 10 aromatic heterocycles. The van der Waals surface area contributed by atoms with Gasteiger partial charge in [0.05, 0.1) is 45.6 Å². The molecule has 10 aromatic rings. The van der Waals surface area contributed by atoms with E-state index in [1.165, 1.54) is 164 Å². The summed E-state index contributed by atoms with van der Waals surface area (Å²) in [5, 5.41) is 38.1. The highest BCUT2D eigenvalue weighted by Gasteiger charge is 2.29. The van der Waals surface area contributed by atoms with E-state index in [9.17, 15) is 67.1 Å². The third kappa shape index (κ3) is 20.8. The van der Waals surface area contributed by atoms with Crippen LogP contribution in [-0.4, -0.2) is 206 Å². The summed E-state index contributed by atoms with van der Waals surface area (Å²) < 4.78 is 14.4. The van der Waals surface area contributed by atoms with E-state index in [2.05, 4.69) is 89.4 Å². The van der Waals surface area contributed by atoms with Gasteiger partial charge in [-0.1, -0.05) is 0 Å². The number of aryl methyl sites for hydroxylation is 10. The van der Waals surface area contributed by atoms with E-state index in [0.717, 1.165) is 18.3 Å². The average Bonchev–Trinajstić information content (AvgIpc) is 1.68. The van der Waals surface area contributed by atoms with E-state index >= 15 is 0 Å². The van der Waals surface area contributed by atoms with E-state index in [0.29, 0.717) is 13.0 Å². The minimum atomic E-state index is -1.27. The van der Waals surface area contributed by atoms with E-state index in [-0.39, 0.29) is 164 Å². The van der Waals surface area contributed by atoms with E-state index in [1.54, 1.807) is 56.4 Å². The maximum absolute atomic E-state index is 14.1. The summed E-state index contributed by atoms with van der Waals surface area (Å²) in [7, 11) is 19.5. The molecule has 614 valence electrons. The molecule has 42 nitrogen and oxygen atoms in total. The zero-order chi connectivity index (χ0) is 84.4. The summed E-state index contributed by atoms with van der Waals surface area (Å²) >= 11 is 1.00. The van der Waals surface area contributed by atoms with Crippen LogP contribution in [0.5, 0.6) is 0 Å². The molecule has 1 aliphatic rings. The normalized spacial score (nSPS) is 15.2. The number of rotatable bonds is 8. The molecule has 0 unspecified atom stereocenters. The highest BCUT2D eigenvalue weighted by Crippen LogP contribution is 2.26. The second-order valence-electron chi connectivity index (χ2n) is 27.9. The van der Waals surface area contributed by atoms with Gasteiger partial charge in [-0.2, -0.15) is 0 Å². The maximum Gasteiger partial charge on any atom is 0.291 e. The fourth-order valence-electron chi connectivity index (χ4n) is 12.5. The van der Waals surface area contributed by atoms with Crippen LogP contribution in [0.25, 0.3) is 0 Å². The number of thioether (sulfide) groups is 1. The predicted octanol–water partition coefficient (Wildman–Crippen LogP) is 2.78. The van der Waals surface area contributed by atoms with Crippen molar-refractivity contribution in [1.29, 1.82) is 0 Å². The van der Waals surface area contributed by atoms with E-state index in [1.807, 2.05) is 19.0 Å². The Morgan fingerprint density at radius 2 is 0.726 bits per heavy atom. The lowest BCUT2D eigenvalue weighted by atomic mass is 10.2. The van der Waals surface area contributed by atoms with Gasteiger partial charge < -0.3 is 125 Å². The lowest BCUT2D eigenvalue weighted by Crippen LogP contribution is -2.49. The van der Waals surface area contributed by atoms with Gasteiger partial charge in [0.15, 0.2) is 17.5 Å². The summed E-state index contributed by atoms with van der Waals surface area (Å²) in [4.78, 5) is 205. The van der Waals surface area contributed by atoms with Crippen LogP contribution in [-0.2, 0) is 89.7 Å². The van der Waals surface area contributed by atoms with Crippen molar-refractivity contribution in [3.05, 3.63) is 162 Å². The second-order valence-corrected chi connectivity index (χ2v) is 29.0. The molecular weight excluding hydrogens is 1540 g/mol. The number of carbonyl (C=O) groups is 14. The highest BCUT2D eigenvalue weighted by molar-refractivity contribution is 8.00. The molecule has 11 rings (SSSR count). The average molecular weight is 1630 g/mol. The Bertz CT molecular complexity index is 5590. The van der Waals surface area contributed by atoms with Crippen molar-refractivity contribution in [3.8, 4) is 0 Å². The number of nitrogens with zero attached hydrogens (tertiary/aromatic N) is 14. The largest absolute Gasteiger partial charge is 0.356 e. The molecule has 0 spiro atoms. The minimum absolute atomic E-state index is 0.00703. The molecule has 14 N–H and O–H groups in total. The first kappa shape index (κ1) is 83.4. The maximum atomic E-state index is 14.1. The lowest BCUT2D eigenvalue weighted by Gasteiger charge is -2.18. The first-order valence-electron chi connectivity index (χ1n) is 36.3. The fourth-order valence-corrected chi connectivity index (χ4v) is 13.3. The molecule has 0 saturated heterocycles. The monoisotopic (exact) mass is 1620 g/mol. The summed E-state index contributed by atoms with van der Waals surface area (Å²) in [6.45, 7) is 1.17. The Labute approximate surface area is 671 Å².